The number of ether oxygens (including phenoxy) is 2. The van der Waals surface area contributed by atoms with Gasteiger partial charge in [-0.3, -0.25) is 0 Å². The Morgan fingerprint density at radius 3 is 1.88 bits per heavy atom. The van der Waals surface area contributed by atoms with E-state index in [1.54, 1.807) is 31.2 Å². The molecule has 0 aliphatic rings. The van der Waals surface area contributed by atoms with E-state index in [4.69, 9.17) is 19.2 Å². The van der Waals surface area contributed by atoms with Gasteiger partial charge in [-0.25, -0.2) is 43.5 Å². The molecule has 1 N–H and O–H groups in total. The number of aliphatic imine (C=N–C) groups is 4. The van der Waals surface area contributed by atoms with Gasteiger partial charge in [0.1, 0.15) is 26.4 Å². The predicted molar refractivity (Wildman–Crippen MR) is 180 cm³/mol. The molecule has 0 saturated carbocycles. The van der Waals surface area contributed by atoms with Crippen molar-refractivity contribution in [3.05, 3.63) is 71.8 Å². The Labute approximate surface area is 285 Å². The highest BCUT2D eigenvalue weighted by molar-refractivity contribution is 5.77. The van der Waals surface area contributed by atoms with Crippen molar-refractivity contribution in [1.82, 2.24) is 5.32 Å². The maximum Gasteiger partial charge on any atom is 0.407 e. The number of esters is 1. The number of hydrogen-bond acceptors (Lipinski definition) is 14. The number of carbonyl (C=O) groups is 2. The van der Waals surface area contributed by atoms with Gasteiger partial charge in [0.15, 0.2) is 6.04 Å². The minimum Gasteiger partial charge on any atom is -0.462 e. The molecule has 15 nitrogen and oxygen atoms in total. The van der Waals surface area contributed by atoms with Crippen molar-refractivity contribution in [2.75, 3.05) is 39.5 Å². The molecule has 2 rings (SSSR count). The van der Waals surface area contributed by atoms with Crippen LogP contribution in [-0.2, 0) is 49.6 Å². The second-order valence-corrected chi connectivity index (χ2v) is 9.39. The van der Waals surface area contributed by atoms with Crippen LogP contribution in [0, 0.1) is 0 Å². The van der Waals surface area contributed by atoms with Crippen molar-refractivity contribution in [2.24, 2.45) is 20.0 Å². The highest BCUT2D eigenvalue weighted by Crippen LogP contribution is 2.18. The third-order valence-corrected chi connectivity index (χ3v) is 5.58. The minimum atomic E-state index is -0.985. The van der Waals surface area contributed by atoms with E-state index in [0.29, 0.717) is 24.2 Å². The lowest BCUT2D eigenvalue weighted by atomic mass is 10.0. The summed E-state index contributed by atoms with van der Waals surface area (Å²) in [6.45, 7) is 5.87. The number of rotatable bonds is 20. The maximum atomic E-state index is 11.9. The number of nitrogens with zero attached hydrogens (tertiary/aromatic N) is 4. The first kappa shape index (κ1) is 45.5. The average molecular weight is 682 g/mol. The predicted octanol–water partition coefficient (Wildman–Crippen LogP) is 5.47. The molecule has 0 heterocycles. The Hall–Kier alpha value is -5.64. The van der Waals surface area contributed by atoms with Crippen molar-refractivity contribution < 1.29 is 48.0 Å². The molecule has 0 aliphatic heterocycles. The fourth-order valence-corrected chi connectivity index (χ4v) is 3.41. The molecule has 0 spiro atoms. The molecule has 0 bridgehead atoms. The molecule has 1 unspecified atom stereocenters. The summed E-state index contributed by atoms with van der Waals surface area (Å²) in [7, 11) is 0. The van der Waals surface area contributed by atoms with Crippen LogP contribution in [0.1, 0.15) is 52.2 Å². The van der Waals surface area contributed by atoms with Crippen LogP contribution in [0.2, 0.25) is 0 Å². The summed E-state index contributed by atoms with van der Waals surface area (Å²) >= 11 is 0. The summed E-state index contributed by atoms with van der Waals surface area (Å²) < 4.78 is 9.75. The zero-order valence-electron chi connectivity index (χ0n) is 25.8. The molecule has 0 fully saturated rings. The van der Waals surface area contributed by atoms with Crippen LogP contribution in [0.15, 0.2) is 80.7 Å². The zero-order chi connectivity index (χ0) is 34.5. The van der Waals surface area contributed by atoms with E-state index in [0.717, 1.165) is 23.1 Å². The quantitative estimate of drug-likeness (QED) is 0.0355. The normalized spacial score (nSPS) is 9.73. The van der Waals surface area contributed by atoms with Gasteiger partial charge in [0.2, 0.25) is 24.3 Å². The Morgan fingerprint density at radius 2 is 1.37 bits per heavy atom. The fraction of sp³-hybridized carbons (Fsp3) is 0.412. The van der Waals surface area contributed by atoms with Crippen molar-refractivity contribution in [1.29, 1.82) is 0 Å². The fourth-order valence-electron chi connectivity index (χ4n) is 3.41. The van der Waals surface area contributed by atoms with Crippen molar-refractivity contribution in [3.63, 3.8) is 0 Å². The number of carbonyl (C=O) groups excluding carboxylic acids is 6. The Kier molecular flexibility index (Phi) is 27.6. The third kappa shape index (κ3) is 23.4. The monoisotopic (exact) mass is 681 g/mol. The summed E-state index contributed by atoms with van der Waals surface area (Å²) in [5, 5.41) is 2.38. The summed E-state index contributed by atoms with van der Waals surface area (Å²) in [5.41, 5.74) is 4.19. The summed E-state index contributed by atoms with van der Waals surface area (Å²) in [5.74, 6) is -0.708. The van der Waals surface area contributed by atoms with Crippen LogP contribution < -0.4 is 5.32 Å². The first-order valence-electron chi connectivity index (χ1n) is 14.2. The highest BCUT2D eigenvalue weighted by Gasteiger charge is 2.18. The number of hydrogen-bond donors (Lipinski definition) is 1. The second kappa shape index (κ2) is 29.7. The standard InChI is InChI=1S/C17H25N3O8.C15H10N2O2.2CH4/c1-14(2)11-28-27-10-9-26-17(24)19-7-8-25-16(23)15(20-13-22)5-3-4-6-18-12-21;18-10-16-14-5-1-12(2-6-14)9-13-3-7-15(8-4-13)17-11-19;;/h15H,1,3-11H2,2H3,(H,19,24);1-8H,9H2;2*1H4. The summed E-state index contributed by atoms with van der Waals surface area (Å²) in [4.78, 5) is 87.2. The lowest BCUT2D eigenvalue weighted by Crippen LogP contribution is -2.31. The number of nitrogens with one attached hydrogen (secondary N) is 1. The number of benzene rings is 2. The smallest absolute Gasteiger partial charge is 0.407 e. The Bertz CT molecular complexity index is 1400. The molecular formula is C34H43N5O10. The number of alkyl carbamates (subject to hydrolysis) is 1. The van der Waals surface area contributed by atoms with Gasteiger partial charge in [-0.15, -0.1) is 0 Å². The molecule has 2 aromatic carbocycles. The van der Waals surface area contributed by atoms with E-state index in [2.05, 4.69) is 31.9 Å². The topological polar surface area (TPSA) is 201 Å². The van der Waals surface area contributed by atoms with Crippen LogP contribution in [0.4, 0.5) is 16.2 Å². The van der Waals surface area contributed by atoms with E-state index in [9.17, 15) is 28.8 Å². The van der Waals surface area contributed by atoms with Gasteiger partial charge in [0, 0.05) is 0 Å². The van der Waals surface area contributed by atoms with Gasteiger partial charge < -0.3 is 14.8 Å². The summed E-state index contributed by atoms with van der Waals surface area (Å²) in [6, 6.07) is 13.7. The zero-order valence-corrected chi connectivity index (χ0v) is 25.8. The van der Waals surface area contributed by atoms with E-state index in [1.807, 2.05) is 24.3 Å². The highest BCUT2D eigenvalue weighted by atomic mass is 17.2. The number of amides is 1. The van der Waals surface area contributed by atoms with Gasteiger partial charge in [0.25, 0.3) is 0 Å². The SMILES string of the molecule is C.C.C=C(C)COOCCOC(=O)NCCOC(=O)C(CCCCN=C=O)N=C=O.O=C=Nc1ccc(Cc2ccc(N=C=O)cc2)cc1. The number of unbranched alkanes of at least 4 members (excludes halogenated alkanes) is 1. The minimum absolute atomic E-state index is 0. The average Bonchev–Trinajstić information content (AvgIpc) is 3.06. The van der Waals surface area contributed by atoms with Gasteiger partial charge in [-0.2, -0.15) is 15.0 Å². The van der Waals surface area contributed by atoms with Crippen LogP contribution in [0.25, 0.3) is 0 Å². The first-order valence-corrected chi connectivity index (χ1v) is 14.2. The molecule has 2 aromatic rings. The van der Waals surface area contributed by atoms with Crippen molar-refractivity contribution in [2.45, 2.75) is 53.5 Å². The molecule has 49 heavy (non-hydrogen) atoms. The summed E-state index contributed by atoms with van der Waals surface area (Å²) in [6.07, 6.45) is 7.11. The lowest BCUT2D eigenvalue weighted by Gasteiger charge is -2.11. The van der Waals surface area contributed by atoms with Gasteiger partial charge >= 0.3 is 12.1 Å². The maximum absolute atomic E-state index is 11.9. The Morgan fingerprint density at radius 1 is 0.776 bits per heavy atom. The molecule has 1 amide bonds. The Balaban J connectivity index is 0. The molecular weight excluding hydrogens is 638 g/mol. The molecule has 0 aliphatic carbocycles. The lowest BCUT2D eigenvalue weighted by molar-refractivity contribution is -0.290. The van der Waals surface area contributed by atoms with E-state index in [-0.39, 0.29) is 60.8 Å². The van der Waals surface area contributed by atoms with E-state index in [1.165, 1.54) is 24.3 Å². The molecule has 15 heteroatoms. The third-order valence-electron chi connectivity index (χ3n) is 5.58. The second-order valence-electron chi connectivity index (χ2n) is 9.39. The van der Waals surface area contributed by atoms with Gasteiger partial charge in [0.05, 0.1) is 24.5 Å². The largest absolute Gasteiger partial charge is 0.462 e. The van der Waals surface area contributed by atoms with Crippen LogP contribution in [0.5, 0.6) is 0 Å². The van der Waals surface area contributed by atoms with E-state index < -0.39 is 18.1 Å². The molecule has 0 aromatic heterocycles. The first-order chi connectivity index (χ1) is 22.8. The molecule has 1 atom stereocenters. The van der Waals surface area contributed by atoms with Crippen LogP contribution in [-0.4, -0.2) is 81.9 Å². The van der Waals surface area contributed by atoms with Crippen LogP contribution >= 0.6 is 0 Å². The molecule has 264 valence electrons. The van der Waals surface area contributed by atoms with E-state index >= 15 is 0 Å². The number of isocyanates is 4. The van der Waals surface area contributed by atoms with Crippen molar-refractivity contribution in [3.8, 4) is 0 Å². The molecule has 0 saturated heterocycles. The van der Waals surface area contributed by atoms with Gasteiger partial charge in [-0.05, 0) is 68.0 Å². The molecule has 0 radical (unpaired) electrons. The van der Waals surface area contributed by atoms with Crippen LogP contribution in [0.3, 0.4) is 0 Å². The van der Waals surface area contributed by atoms with Gasteiger partial charge in [-0.1, -0.05) is 51.3 Å². The van der Waals surface area contributed by atoms with Crippen molar-refractivity contribution >= 4 is 47.8 Å².